The molecule has 1 aliphatic heterocycles. The largest absolute Gasteiger partial charge is 0.463 e. The summed E-state index contributed by atoms with van der Waals surface area (Å²) in [7, 11) is -6.84. The van der Waals surface area contributed by atoms with Crippen LogP contribution in [-0.2, 0) is 29.1 Å². The molecule has 1 saturated heterocycles. The summed E-state index contributed by atoms with van der Waals surface area (Å²) >= 11 is 0. The number of aliphatic hydroxyl groups excluding tert-OH is 2. The minimum atomic E-state index is -6.84. The van der Waals surface area contributed by atoms with Gasteiger partial charge in [-0.2, -0.15) is 34.8 Å². The number of alkyl halides is 6. The van der Waals surface area contributed by atoms with Gasteiger partial charge in [0.2, 0.25) is 0 Å². The van der Waals surface area contributed by atoms with E-state index in [0.29, 0.717) is 12.8 Å². The van der Waals surface area contributed by atoms with Crippen molar-refractivity contribution in [3.8, 4) is 0 Å². The Bertz CT molecular complexity index is 949. The van der Waals surface area contributed by atoms with Crippen LogP contribution in [0.2, 0.25) is 0 Å². The Morgan fingerprint density at radius 3 is 1.78 bits per heavy atom. The van der Waals surface area contributed by atoms with Crippen LogP contribution >= 0.6 is 0 Å². The van der Waals surface area contributed by atoms with Crippen molar-refractivity contribution in [3.63, 3.8) is 0 Å². The maximum absolute atomic E-state index is 13.4. The van der Waals surface area contributed by atoms with Crippen LogP contribution in [0.5, 0.6) is 0 Å². The Kier molecular flexibility index (Phi) is 6.49. The Labute approximate surface area is 201 Å². The number of carbonyl (C=O) groups excluding carboxylic acids is 1. The molecule has 4 bridgehead atoms. The Morgan fingerprint density at radius 2 is 1.39 bits per heavy atom. The fourth-order valence-corrected chi connectivity index (χ4v) is 7.30. The Morgan fingerprint density at radius 1 is 0.917 bits per heavy atom. The van der Waals surface area contributed by atoms with Gasteiger partial charge in [-0.15, -0.1) is 0 Å². The second kappa shape index (κ2) is 8.40. The second-order valence-electron chi connectivity index (χ2n) is 10.6. The zero-order valence-corrected chi connectivity index (χ0v) is 19.6. The summed E-state index contributed by atoms with van der Waals surface area (Å²) in [5, 5.41) is 19.2. The van der Waals surface area contributed by atoms with E-state index in [9.17, 15) is 49.8 Å². The quantitative estimate of drug-likeness (QED) is 0.254. The van der Waals surface area contributed by atoms with Crippen LogP contribution < -0.4 is 0 Å². The normalized spacial score (nSPS) is 33.6. The molecule has 1 spiro atoms. The van der Waals surface area contributed by atoms with E-state index in [0.717, 1.165) is 0 Å². The first-order valence-electron chi connectivity index (χ1n) is 11.2. The minimum absolute atomic E-state index is 0.0407. The van der Waals surface area contributed by atoms with Gasteiger partial charge in [0.25, 0.3) is 10.1 Å². The highest BCUT2D eigenvalue weighted by atomic mass is 32.2. The van der Waals surface area contributed by atoms with Crippen molar-refractivity contribution in [1.82, 2.24) is 0 Å². The first-order valence-corrected chi connectivity index (χ1v) is 12.6. The molecular formula is C20H26F6O9S. The molecule has 16 heteroatoms. The molecule has 2 atom stereocenters. The van der Waals surface area contributed by atoms with Crippen LogP contribution in [-0.4, -0.2) is 85.1 Å². The van der Waals surface area contributed by atoms with Crippen molar-refractivity contribution in [2.24, 2.45) is 28.6 Å². The molecule has 4 aliphatic carbocycles. The van der Waals surface area contributed by atoms with E-state index in [1.807, 2.05) is 0 Å². The number of hydrogen-bond donors (Lipinski definition) is 3. The Balaban J connectivity index is 1.56. The van der Waals surface area contributed by atoms with E-state index in [4.69, 9.17) is 14.0 Å². The standard InChI is InChI=1S/C20H26F6O9S/c21-19(22,23)17(20(24,25)26,36(30,31)32)10-33-14(29)16-3-11-1-12(4-16)18(13(2-11)5-16)34-8-15(6-27,7-28)9-35-18/h11-13,27-28H,1-10H2,(H,30,31,32). The highest BCUT2D eigenvalue weighted by molar-refractivity contribution is 7.87. The second-order valence-corrected chi connectivity index (χ2v) is 12.3. The zero-order valence-electron chi connectivity index (χ0n) is 18.8. The Hall–Kier alpha value is -1.20. The molecule has 3 N–H and O–H groups in total. The number of esters is 1. The van der Waals surface area contributed by atoms with Crippen LogP contribution in [0.3, 0.4) is 0 Å². The third-order valence-corrected chi connectivity index (χ3v) is 9.86. The molecule has 208 valence electrons. The number of ether oxygens (including phenoxy) is 3. The lowest BCUT2D eigenvalue weighted by Gasteiger charge is -2.64. The van der Waals surface area contributed by atoms with Gasteiger partial charge < -0.3 is 24.4 Å². The minimum Gasteiger partial charge on any atom is -0.463 e. The highest BCUT2D eigenvalue weighted by Gasteiger charge is 2.80. The highest BCUT2D eigenvalue weighted by Crippen LogP contribution is 2.66. The van der Waals surface area contributed by atoms with Gasteiger partial charge in [0.05, 0.1) is 37.3 Å². The number of hydrogen-bond acceptors (Lipinski definition) is 8. The SMILES string of the molecule is O=C(OCC(C(F)(F)F)(C(F)(F)F)S(=O)(=O)O)C12CC3CC(C1)C1(OCC(CO)(CO)CO1)C(C3)C2. The van der Waals surface area contributed by atoms with E-state index in [-0.39, 0.29) is 38.4 Å². The number of rotatable bonds is 6. The smallest absolute Gasteiger partial charge is 0.423 e. The first-order chi connectivity index (χ1) is 16.4. The van der Waals surface area contributed by atoms with Gasteiger partial charge >= 0.3 is 23.1 Å². The van der Waals surface area contributed by atoms with Crippen LogP contribution in [0.1, 0.15) is 32.1 Å². The van der Waals surface area contributed by atoms with Crippen molar-refractivity contribution in [2.45, 2.75) is 55.0 Å². The predicted octanol–water partition coefficient (Wildman–Crippen LogP) is 1.82. The van der Waals surface area contributed by atoms with Gasteiger partial charge in [0, 0.05) is 11.8 Å². The zero-order chi connectivity index (χ0) is 27.0. The maximum atomic E-state index is 13.4. The molecule has 0 aromatic rings. The van der Waals surface area contributed by atoms with Gasteiger partial charge in [-0.25, -0.2) is 0 Å². The van der Waals surface area contributed by atoms with E-state index in [2.05, 4.69) is 4.74 Å². The third kappa shape index (κ3) is 3.85. The van der Waals surface area contributed by atoms with E-state index in [1.54, 1.807) is 0 Å². The molecule has 0 radical (unpaired) electrons. The maximum Gasteiger partial charge on any atom is 0.423 e. The summed E-state index contributed by atoms with van der Waals surface area (Å²) in [5.41, 5.74) is -2.51. The van der Waals surface area contributed by atoms with Crippen LogP contribution in [0, 0.1) is 28.6 Å². The van der Waals surface area contributed by atoms with Crippen molar-refractivity contribution in [3.05, 3.63) is 0 Å². The molecular weight excluding hydrogens is 530 g/mol. The molecule has 5 rings (SSSR count). The van der Waals surface area contributed by atoms with Crippen LogP contribution in [0.15, 0.2) is 0 Å². The fraction of sp³-hybridized carbons (Fsp3) is 0.950. The molecule has 4 saturated carbocycles. The summed E-state index contributed by atoms with van der Waals surface area (Å²) in [6.07, 6.45) is -12.0. The molecule has 1 heterocycles. The van der Waals surface area contributed by atoms with Crippen LogP contribution in [0.4, 0.5) is 26.3 Å². The average molecular weight is 556 g/mol. The summed E-state index contributed by atoms with van der Waals surface area (Å²) in [6, 6.07) is 0. The number of halogens is 6. The van der Waals surface area contributed by atoms with E-state index < -0.39 is 81.5 Å². The van der Waals surface area contributed by atoms with Crippen molar-refractivity contribution in [2.75, 3.05) is 33.0 Å². The van der Waals surface area contributed by atoms with E-state index in [1.165, 1.54) is 0 Å². The number of aliphatic hydroxyl groups is 2. The van der Waals surface area contributed by atoms with Gasteiger partial charge in [-0.05, 0) is 38.0 Å². The van der Waals surface area contributed by atoms with Gasteiger partial charge in [-0.3, -0.25) is 9.35 Å². The summed E-state index contributed by atoms with van der Waals surface area (Å²) in [4.78, 5) is 13.0. The lowest BCUT2D eigenvalue weighted by Crippen LogP contribution is -2.69. The molecule has 0 aromatic carbocycles. The monoisotopic (exact) mass is 556 g/mol. The molecule has 2 unspecified atom stereocenters. The topological polar surface area (TPSA) is 140 Å². The van der Waals surface area contributed by atoms with Gasteiger partial charge in [0.1, 0.15) is 6.61 Å². The molecule has 5 aliphatic rings. The van der Waals surface area contributed by atoms with Crippen LogP contribution in [0.25, 0.3) is 0 Å². The van der Waals surface area contributed by atoms with Gasteiger partial charge in [0.15, 0.2) is 5.79 Å². The van der Waals surface area contributed by atoms with Crippen molar-refractivity contribution in [1.29, 1.82) is 0 Å². The van der Waals surface area contributed by atoms with Gasteiger partial charge in [-0.1, -0.05) is 0 Å². The molecule has 9 nitrogen and oxygen atoms in total. The first kappa shape index (κ1) is 27.8. The molecule has 0 amide bonds. The fourth-order valence-electron chi connectivity index (χ4n) is 6.51. The molecule has 5 fully saturated rings. The molecule has 36 heavy (non-hydrogen) atoms. The summed E-state index contributed by atoms with van der Waals surface area (Å²) in [6.45, 7) is -3.61. The average Bonchev–Trinajstić information content (AvgIpc) is 2.75. The predicted molar refractivity (Wildman–Crippen MR) is 105 cm³/mol. The van der Waals surface area contributed by atoms with Crippen molar-refractivity contribution < 1.29 is 68.5 Å². The summed E-state index contributed by atoms with van der Waals surface area (Å²) < 4.78 is 123. The molecule has 0 aromatic heterocycles. The summed E-state index contributed by atoms with van der Waals surface area (Å²) in [5.74, 6) is -3.66. The van der Waals surface area contributed by atoms with E-state index >= 15 is 0 Å². The lowest BCUT2D eigenvalue weighted by molar-refractivity contribution is -0.391. The third-order valence-electron chi connectivity index (χ3n) is 8.40. The van der Waals surface area contributed by atoms with Crippen molar-refractivity contribution >= 4 is 16.1 Å². The lowest BCUT2D eigenvalue weighted by atomic mass is 9.47. The number of carbonyl (C=O) groups is 1.